The predicted molar refractivity (Wildman–Crippen MR) is 118 cm³/mol. The number of aromatic nitrogens is 1. The Labute approximate surface area is 181 Å². The smallest absolute Gasteiger partial charge is 0.231 e. The maximum Gasteiger partial charge on any atom is 0.231 e. The fraction of sp³-hybridized carbons (Fsp3) is 0.500. The fourth-order valence-corrected chi connectivity index (χ4v) is 4.97. The van der Waals surface area contributed by atoms with Gasteiger partial charge in [-0.25, -0.2) is 4.98 Å². The average Bonchev–Trinajstić information content (AvgIpc) is 3.36. The van der Waals surface area contributed by atoms with Crippen LogP contribution >= 0.6 is 11.3 Å². The summed E-state index contributed by atoms with van der Waals surface area (Å²) in [5.74, 6) is 0.165. The van der Waals surface area contributed by atoms with E-state index >= 15 is 0 Å². The van der Waals surface area contributed by atoms with Gasteiger partial charge in [-0.15, -0.1) is 11.3 Å². The number of hydrogen-bond donors (Lipinski definition) is 1. The molecule has 2 unspecified atom stereocenters. The SMILES string of the molecule is COc1ccc(N2CC(C(=O)Nc3ncc(CN4CCCCC4C)s3)CC2=O)cc1. The minimum Gasteiger partial charge on any atom is -0.497 e. The van der Waals surface area contributed by atoms with Crippen LogP contribution in [0.5, 0.6) is 5.75 Å². The highest BCUT2D eigenvalue weighted by Gasteiger charge is 2.35. The molecule has 2 aliphatic rings. The summed E-state index contributed by atoms with van der Waals surface area (Å²) in [6.07, 6.45) is 5.84. The van der Waals surface area contributed by atoms with Gasteiger partial charge in [0.2, 0.25) is 11.8 Å². The van der Waals surface area contributed by atoms with E-state index < -0.39 is 0 Å². The van der Waals surface area contributed by atoms with Crippen molar-refractivity contribution in [2.75, 3.05) is 30.4 Å². The van der Waals surface area contributed by atoms with E-state index in [1.807, 2.05) is 30.5 Å². The fourth-order valence-electron chi connectivity index (χ4n) is 4.13. The van der Waals surface area contributed by atoms with Crippen molar-refractivity contribution in [3.05, 3.63) is 35.3 Å². The lowest BCUT2D eigenvalue weighted by molar-refractivity contribution is -0.122. The molecule has 2 fully saturated rings. The molecule has 0 spiro atoms. The number of hydrogen-bond acceptors (Lipinski definition) is 6. The summed E-state index contributed by atoms with van der Waals surface area (Å²) in [6.45, 7) is 4.64. The van der Waals surface area contributed by atoms with Crippen molar-refractivity contribution in [2.24, 2.45) is 5.92 Å². The van der Waals surface area contributed by atoms with Gasteiger partial charge in [-0.1, -0.05) is 6.42 Å². The van der Waals surface area contributed by atoms with Crippen LogP contribution in [-0.4, -0.2) is 47.9 Å². The Kier molecular flexibility index (Phi) is 6.34. The van der Waals surface area contributed by atoms with Gasteiger partial charge in [0.25, 0.3) is 0 Å². The van der Waals surface area contributed by atoms with Gasteiger partial charge in [0.1, 0.15) is 5.75 Å². The molecule has 2 saturated heterocycles. The monoisotopic (exact) mass is 428 g/mol. The second kappa shape index (κ2) is 9.14. The molecule has 1 N–H and O–H groups in total. The minimum absolute atomic E-state index is 0.0424. The quantitative estimate of drug-likeness (QED) is 0.762. The Morgan fingerprint density at radius 3 is 2.83 bits per heavy atom. The van der Waals surface area contributed by atoms with E-state index in [9.17, 15) is 9.59 Å². The van der Waals surface area contributed by atoms with Gasteiger partial charge < -0.3 is 15.0 Å². The highest BCUT2D eigenvalue weighted by atomic mass is 32.1. The summed E-state index contributed by atoms with van der Waals surface area (Å²) in [4.78, 5) is 34.9. The van der Waals surface area contributed by atoms with Crippen molar-refractivity contribution >= 4 is 34.0 Å². The molecule has 2 aromatic rings. The Morgan fingerprint density at radius 1 is 1.30 bits per heavy atom. The van der Waals surface area contributed by atoms with Crippen LogP contribution in [0.3, 0.4) is 0 Å². The number of piperidine rings is 1. The summed E-state index contributed by atoms with van der Waals surface area (Å²) in [5.41, 5.74) is 0.781. The Hall–Kier alpha value is -2.45. The molecule has 0 saturated carbocycles. The number of amides is 2. The van der Waals surface area contributed by atoms with Gasteiger partial charge in [0, 0.05) is 42.3 Å². The molecule has 1 aromatic carbocycles. The highest BCUT2D eigenvalue weighted by Crippen LogP contribution is 2.29. The largest absolute Gasteiger partial charge is 0.497 e. The maximum atomic E-state index is 12.7. The summed E-state index contributed by atoms with van der Waals surface area (Å²) in [7, 11) is 1.60. The van der Waals surface area contributed by atoms with Crippen LogP contribution in [-0.2, 0) is 16.1 Å². The molecule has 7 nitrogen and oxygen atoms in total. The number of carbonyl (C=O) groups is 2. The lowest BCUT2D eigenvalue weighted by Crippen LogP contribution is -2.36. The number of anilines is 2. The van der Waals surface area contributed by atoms with Crippen LogP contribution in [0.4, 0.5) is 10.8 Å². The standard InChI is InChI=1S/C22H28N4O3S/c1-15-5-3-4-10-25(15)14-19-12-23-22(30-19)24-21(28)16-11-20(27)26(13-16)17-6-8-18(29-2)9-7-17/h6-9,12,15-16H,3-5,10-11,13-14H2,1-2H3,(H,23,24,28). The molecule has 3 heterocycles. The molecular weight excluding hydrogens is 400 g/mol. The van der Waals surface area contributed by atoms with Crippen molar-refractivity contribution in [3.8, 4) is 5.75 Å². The molecule has 160 valence electrons. The van der Waals surface area contributed by atoms with Gasteiger partial charge in [-0.2, -0.15) is 0 Å². The predicted octanol–water partition coefficient (Wildman–Crippen LogP) is 3.52. The first-order valence-electron chi connectivity index (χ1n) is 10.5. The van der Waals surface area contributed by atoms with Crippen LogP contribution in [0.1, 0.15) is 37.5 Å². The van der Waals surface area contributed by atoms with Crippen LogP contribution in [0.25, 0.3) is 0 Å². The molecular formula is C22H28N4O3S. The van der Waals surface area contributed by atoms with Crippen LogP contribution < -0.4 is 15.0 Å². The second-order valence-corrected chi connectivity index (χ2v) is 9.15. The van der Waals surface area contributed by atoms with Gasteiger partial charge in [-0.3, -0.25) is 14.5 Å². The average molecular weight is 429 g/mol. The van der Waals surface area contributed by atoms with E-state index in [4.69, 9.17) is 4.74 Å². The van der Waals surface area contributed by atoms with E-state index in [0.29, 0.717) is 17.7 Å². The number of ether oxygens (including phenoxy) is 1. The molecule has 0 radical (unpaired) electrons. The second-order valence-electron chi connectivity index (χ2n) is 8.04. The van der Waals surface area contributed by atoms with E-state index in [2.05, 4.69) is 22.1 Å². The summed E-state index contributed by atoms with van der Waals surface area (Å²) in [6, 6.07) is 7.90. The molecule has 0 bridgehead atoms. The van der Waals surface area contributed by atoms with Gasteiger partial charge >= 0.3 is 0 Å². The topological polar surface area (TPSA) is 74.8 Å². The van der Waals surface area contributed by atoms with Crippen molar-refractivity contribution in [3.63, 3.8) is 0 Å². The minimum atomic E-state index is -0.380. The zero-order chi connectivity index (χ0) is 21.1. The van der Waals surface area contributed by atoms with E-state index in [0.717, 1.165) is 29.4 Å². The zero-order valence-electron chi connectivity index (χ0n) is 17.5. The lowest BCUT2D eigenvalue weighted by atomic mass is 10.0. The Morgan fingerprint density at radius 2 is 2.10 bits per heavy atom. The normalized spacial score (nSPS) is 22.3. The van der Waals surface area contributed by atoms with Crippen molar-refractivity contribution in [1.29, 1.82) is 0 Å². The third kappa shape index (κ3) is 4.65. The number of rotatable bonds is 6. The summed E-state index contributed by atoms with van der Waals surface area (Å²) >= 11 is 1.52. The number of thiazole rings is 1. The number of benzene rings is 1. The van der Waals surface area contributed by atoms with Crippen molar-refractivity contribution < 1.29 is 14.3 Å². The third-order valence-corrected chi connectivity index (χ3v) is 6.86. The number of methoxy groups -OCH3 is 1. The molecule has 30 heavy (non-hydrogen) atoms. The van der Waals surface area contributed by atoms with Crippen LogP contribution in [0, 0.1) is 5.92 Å². The molecule has 8 heteroatoms. The maximum absolute atomic E-state index is 12.7. The number of nitrogens with zero attached hydrogens (tertiary/aromatic N) is 3. The van der Waals surface area contributed by atoms with E-state index in [1.54, 1.807) is 12.0 Å². The summed E-state index contributed by atoms with van der Waals surface area (Å²) < 4.78 is 5.16. The van der Waals surface area contributed by atoms with Gasteiger partial charge in [-0.05, 0) is 50.6 Å². The first-order chi connectivity index (χ1) is 14.5. The molecule has 2 aliphatic heterocycles. The first kappa shape index (κ1) is 20.8. The third-order valence-electron chi connectivity index (χ3n) is 5.96. The molecule has 4 rings (SSSR count). The van der Waals surface area contributed by atoms with Crippen LogP contribution in [0.2, 0.25) is 0 Å². The Bertz CT molecular complexity index is 898. The van der Waals surface area contributed by atoms with Crippen molar-refractivity contribution in [2.45, 2.75) is 45.2 Å². The lowest BCUT2D eigenvalue weighted by Gasteiger charge is -2.32. The molecule has 0 aliphatic carbocycles. The molecule has 1 aromatic heterocycles. The summed E-state index contributed by atoms with van der Waals surface area (Å²) in [5, 5.41) is 3.52. The molecule has 2 amide bonds. The van der Waals surface area contributed by atoms with Gasteiger partial charge in [0.05, 0.1) is 13.0 Å². The highest BCUT2D eigenvalue weighted by molar-refractivity contribution is 7.15. The van der Waals surface area contributed by atoms with E-state index in [1.165, 1.54) is 30.6 Å². The number of carbonyl (C=O) groups excluding carboxylic acids is 2. The van der Waals surface area contributed by atoms with Crippen molar-refractivity contribution in [1.82, 2.24) is 9.88 Å². The first-order valence-corrected chi connectivity index (χ1v) is 11.3. The number of likely N-dealkylation sites (tertiary alicyclic amines) is 1. The van der Waals surface area contributed by atoms with E-state index in [-0.39, 0.29) is 24.2 Å². The van der Waals surface area contributed by atoms with Gasteiger partial charge in [0.15, 0.2) is 5.13 Å². The Balaban J connectivity index is 1.34. The number of nitrogens with one attached hydrogen (secondary N) is 1. The zero-order valence-corrected chi connectivity index (χ0v) is 18.3. The van der Waals surface area contributed by atoms with Crippen LogP contribution in [0.15, 0.2) is 30.5 Å². The molecule has 2 atom stereocenters.